The maximum absolute atomic E-state index is 12.4. The van der Waals surface area contributed by atoms with Gasteiger partial charge < -0.3 is 10.6 Å². The summed E-state index contributed by atoms with van der Waals surface area (Å²) in [7, 11) is 0. The Morgan fingerprint density at radius 3 is 2.88 bits per heavy atom. The number of nitrogens with zero attached hydrogens (tertiary/aromatic N) is 4. The van der Waals surface area contributed by atoms with Gasteiger partial charge in [-0.1, -0.05) is 6.07 Å². The minimum atomic E-state index is 0.0541. The van der Waals surface area contributed by atoms with Crippen LogP contribution in [0.3, 0.4) is 0 Å². The van der Waals surface area contributed by atoms with Crippen molar-refractivity contribution in [2.45, 2.75) is 19.4 Å². The van der Waals surface area contributed by atoms with E-state index in [1.54, 1.807) is 24.7 Å². The zero-order valence-corrected chi connectivity index (χ0v) is 14.3. The van der Waals surface area contributed by atoms with E-state index in [0.717, 1.165) is 32.5 Å². The molecule has 7 heteroatoms. The summed E-state index contributed by atoms with van der Waals surface area (Å²) in [6.07, 6.45) is 9.05. The number of carbonyl (C=O) groups excluding carboxylic acids is 1. The molecular weight excluding hydrogens is 316 g/mol. The molecule has 0 bridgehead atoms. The molecule has 2 aromatic rings. The molecule has 132 valence electrons. The molecular formula is C18H24N6O. The summed E-state index contributed by atoms with van der Waals surface area (Å²) < 4.78 is 0. The van der Waals surface area contributed by atoms with Gasteiger partial charge in [0.1, 0.15) is 0 Å². The summed E-state index contributed by atoms with van der Waals surface area (Å²) in [6, 6.07) is 5.80. The van der Waals surface area contributed by atoms with Crippen LogP contribution in [0, 0.1) is 5.92 Å². The van der Waals surface area contributed by atoms with E-state index in [0.29, 0.717) is 19.0 Å². The molecule has 0 aliphatic carbocycles. The molecule has 0 unspecified atom stereocenters. The monoisotopic (exact) mass is 340 g/mol. The Morgan fingerprint density at radius 1 is 1.20 bits per heavy atom. The van der Waals surface area contributed by atoms with Crippen LogP contribution in [-0.4, -0.2) is 51.9 Å². The second-order valence-electron chi connectivity index (χ2n) is 6.23. The molecule has 2 aromatic heterocycles. The van der Waals surface area contributed by atoms with Crippen LogP contribution in [0.5, 0.6) is 0 Å². The number of amides is 1. The minimum absolute atomic E-state index is 0.0541. The number of aromatic nitrogens is 3. The van der Waals surface area contributed by atoms with Crippen LogP contribution < -0.4 is 10.6 Å². The molecule has 1 atom stereocenters. The van der Waals surface area contributed by atoms with Crippen LogP contribution in [0.1, 0.15) is 18.4 Å². The molecule has 0 radical (unpaired) electrons. The van der Waals surface area contributed by atoms with E-state index in [-0.39, 0.29) is 11.8 Å². The predicted octanol–water partition coefficient (Wildman–Crippen LogP) is 1.31. The Kier molecular flexibility index (Phi) is 6.28. The third-order valence-corrected chi connectivity index (χ3v) is 4.28. The van der Waals surface area contributed by atoms with Crippen molar-refractivity contribution in [3.05, 3.63) is 48.5 Å². The maximum atomic E-state index is 12.4. The zero-order chi connectivity index (χ0) is 17.3. The number of hydrogen-bond donors (Lipinski definition) is 2. The molecule has 0 aromatic carbocycles. The lowest BCUT2D eigenvalue weighted by Crippen LogP contribution is -2.43. The number of carbonyl (C=O) groups is 1. The third kappa shape index (κ3) is 5.49. The number of anilines is 1. The van der Waals surface area contributed by atoms with Crippen LogP contribution in [0.2, 0.25) is 0 Å². The van der Waals surface area contributed by atoms with Gasteiger partial charge in [0.2, 0.25) is 11.9 Å². The van der Waals surface area contributed by atoms with E-state index < -0.39 is 0 Å². The van der Waals surface area contributed by atoms with Crippen molar-refractivity contribution in [3.63, 3.8) is 0 Å². The zero-order valence-electron chi connectivity index (χ0n) is 14.3. The lowest BCUT2D eigenvalue weighted by Gasteiger charge is -2.31. The smallest absolute Gasteiger partial charge is 0.224 e. The lowest BCUT2D eigenvalue weighted by atomic mass is 9.97. The fraction of sp³-hybridized carbons (Fsp3) is 0.444. The van der Waals surface area contributed by atoms with Gasteiger partial charge >= 0.3 is 0 Å². The van der Waals surface area contributed by atoms with E-state index in [1.165, 1.54) is 5.56 Å². The Morgan fingerprint density at radius 2 is 2.08 bits per heavy atom. The number of pyridine rings is 1. The van der Waals surface area contributed by atoms with E-state index in [9.17, 15) is 4.79 Å². The highest BCUT2D eigenvalue weighted by atomic mass is 16.1. The molecule has 25 heavy (non-hydrogen) atoms. The standard InChI is InChI=1S/C18H24N6O/c25-17(20-9-10-23-18-21-7-3-8-22-18)16-5-2-11-24(14-16)13-15-4-1-6-19-12-15/h1,3-4,6-8,12,16H,2,5,9-11,13-14H2,(H,20,25)(H,21,22,23)/t16-/m1/s1. The Bertz CT molecular complexity index is 651. The Hall–Kier alpha value is -2.54. The maximum Gasteiger partial charge on any atom is 0.224 e. The van der Waals surface area contributed by atoms with Crippen molar-refractivity contribution in [1.29, 1.82) is 0 Å². The third-order valence-electron chi connectivity index (χ3n) is 4.28. The van der Waals surface area contributed by atoms with Crippen LogP contribution in [0.4, 0.5) is 5.95 Å². The highest BCUT2D eigenvalue weighted by Gasteiger charge is 2.25. The summed E-state index contributed by atoms with van der Waals surface area (Å²) in [4.78, 5) is 27.1. The van der Waals surface area contributed by atoms with E-state index in [2.05, 4.69) is 36.6 Å². The average Bonchev–Trinajstić information content (AvgIpc) is 2.67. The highest BCUT2D eigenvalue weighted by molar-refractivity contribution is 5.79. The molecule has 0 spiro atoms. The van der Waals surface area contributed by atoms with Crippen LogP contribution in [0.15, 0.2) is 43.0 Å². The quantitative estimate of drug-likeness (QED) is 0.740. The number of nitrogens with one attached hydrogen (secondary N) is 2. The minimum Gasteiger partial charge on any atom is -0.354 e. The molecule has 2 N–H and O–H groups in total. The van der Waals surface area contributed by atoms with Crippen LogP contribution in [0.25, 0.3) is 0 Å². The molecule has 0 saturated carbocycles. The predicted molar refractivity (Wildman–Crippen MR) is 95.8 cm³/mol. The summed E-state index contributed by atoms with van der Waals surface area (Å²) in [6.45, 7) is 3.87. The number of rotatable bonds is 7. The van der Waals surface area contributed by atoms with Gasteiger partial charge in [-0.05, 0) is 37.1 Å². The van der Waals surface area contributed by atoms with Gasteiger partial charge in [-0.2, -0.15) is 0 Å². The van der Waals surface area contributed by atoms with Crippen molar-refractivity contribution in [2.75, 3.05) is 31.5 Å². The fourth-order valence-corrected chi connectivity index (χ4v) is 3.06. The molecule has 3 rings (SSSR count). The van der Waals surface area contributed by atoms with E-state index >= 15 is 0 Å². The van der Waals surface area contributed by atoms with Gasteiger partial charge in [-0.25, -0.2) is 9.97 Å². The van der Waals surface area contributed by atoms with Gasteiger partial charge in [-0.15, -0.1) is 0 Å². The first-order valence-electron chi connectivity index (χ1n) is 8.71. The molecule has 1 fully saturated rings. The first-order valence-corrected chi connectivity index (χ1v) is 8.71. The topological polar surface area (TPSA) is 83.0 Å². The first kappa shape index (κ1) is 17.3. The van der Waals surface area contributed by atoms with Crippen LogP contribution >= 0.6 is 0 Å². The van der Waals surface area contributed by atoms with Crippen LogP contribution in [-0.2, 0) is 11.3 Å². The van der Waals surface area contributed by atoms with Crippen molar-refractivity contribution < 1.29 is 4.79 Å². The molecule has 3 heterocycles. The van der Waals surface area contributed by atoms with Gasteiger partial charge in [0.25, 0.3) is 0 Å². The fourth-order valence-electron chi connectivity index (χ4n) is 3.06. The Balaban J connectivity index is 1.39. The van der Waals surface area contributed by atoms with Gasteiger partial charge in [-0.3, -0.25) is 14.7 Å². The van der Waals surface area contributed by atoms with Gasteiger partial charge in [0, 0.05) is 51.0 Å². The van der Waals surface area contributed by atoms with Gasteiger partial charge in [0.05, 0.1) is 5.92 Å². The second kappa shape index (κ2) is 9.08. The summed E-state index contributed by atoms with van der Waals surface area (Å²) in [5.41, 5.74) is 1.19. The summed E-state index contributed by atoms with van der Waals surface area (Å²) in [5, 5.41) is 6.10. The summed E-state index contributed by atoms with van der Waals surface area (Å²) >= 11 is 0. The molecule has 1 aliphatic heterocycles. The largest absolute Gasteiger partial charge is 0.354 e. The van der Waals surface area contributed by atoms with Gasteiger partial charge in [0.15, 0.2) is 0 Å². The Labute approximate surface area is 147 Å². The highest BCUT2D eigenvalue weighted by Crippen LogP contribution is 2.18. The molecule has 7 nitrogen and oxygen atoms in total. The average molecular weight is 340 g/mol. The molecule has 1 amide bonds. The number of hydrogen-bond acceptors (Lipinski definition) is 6. The second-order valence-corrected chi connectivity index (χ2v) is 6.23. The first-order chi connectivity index (χ1) is 12.3. The normalized spacial score (nSPS) is 17.8. The molecule has 1 aliphatic rings. The van der Waals surface area contributed by atoms with Crippen molar-refractivity contribution in [2.24, 2.45) is 5.92 Å². The van der Waals surface area contributed by atoms with E-state index in [1.807, 2.05) is 12.3 Å². The summed E-state index contributed by atoms with van der Waals surface area (Å²) in [5.74, 6) is 0.766. The van der Waals surface area contributed by atoms with Crippen molar-refractivity contribution in [1.82, 2.24) is 25.2 Å². The van der Waals surface area contributed by atoms with E-state index in [4.69, 9.17) is 0 Å². The van der Waals surface area contributed by atoms with Crippen molar-refractivity contribution >= 4 is 11.9 Å². The van der Waals surface area contributed by atoms with Crippen molar-refractivity contribution in [3.8, 4) is 0 Å². The number of likely N-dealkylation sites (tertiary alicyclic amines) is 1. The SMILES string of the molecule is O=C(NCCNc1ncccn1)[C@@H]1CCCN(Cc2cccnc2)C1. The lowest BCUT2D eigenvalue weighted by molar-refractivity contribution is -0.126. The molecule has 1 saturated heterocycles. The number of piperidine rings is 1.